The van der Waals surface area contributed by atoms with Crippen molar-refractivity contribution in [2.45, 2.75) is 0 Å². The van der Waals surface area contributed by atoms with Crippen molar-refractivity contribution in [3.05, 3.63) is 71.3 Å². The van der Waals surface area contributed by atoms with Gasteiger partial charge in [-0.05, 0) is 35.9 Å². The number of benzene rings is 2. The fourth-order valence-electron chi connectivity index (χ4n) is 3.19. The Labute approximate surface area is 152 Å². The molecule has 5 rings (SSSR count). The van der Waals surface area contributed by atoms with Crippen molar-refractivity contribution in [3.8, 4) is 22.6 Å². The number of fused-ring (bicyclic) bond motifs is 2. The quantitative estimate of drug-likeness (QED) is 0.451. The highest BCUT2D eigenvalue weighted by Gasteiger charge is 2.13. The van der Waals surface area contributed by atoms with Crippen LogP contribution < -0.4 is 11.3 Å². The number of aromatic amines is 2. The van der Waals surface area contributed by atoms with Gasteiger partial charge < -0.3 is 10.7 Å². The van der Waals surface area contributed by atoms with Crippen molar-refractivity contribution < 1.29 is 0 Å². The van der Waals surface area contributed by atoms with Gasteiger partial charge in [0.15, 0.2) is 5.82 Å². The molecule has 0 spiro atoms. The number of H-pyrrole nitrogens is 2. The molecule has 0 fully saturated rings. The van der Waals surface area contributed by atoms with Gasteiger partial charge in [0.05, 0.1) is 22.1 Å². The van der Waals surface area contributed by atoms with Gasteiger partial charge in [0, 0.05) is 23.3 Å². The molecule has 0 saturated carbocycles. The first-order valence-corrected chi connectivity index (χ1v) is 8.37. The van der Waals surface area contributed by atoms with Gasteiger partial charge in [0.1, 0.15) is 5.69 Å². The highest BCUT2D eigenvalue weighted by atomic mass is 16.1. The molecule has 0 aliphatic carbocycles. The van der Waals surface area contributed by atoms with Crippen molar-refractivity contribution in [1.82, 2.24) is 25.1 Å². The molecule has 0 bridgehead atoms. The first-order chi connectivity index (χ1) is 13.2. The fraction of sp³-hybridized carbons (Fsp3) is 0. The van der Waals surface area contributed by atoms with Crippen molar-refractivity contribution in [2.24, 2.45) is 0 Å². The largest absolute Gasteiger partial charge is 0.397 e. The lowest BCUT2D eigenvalue weighted by Crippen LogP contribution is -2.09. The van der Waals surface area contributed by atoms with Crippen molar-refractivity contribution in [3.63, 3.8) is 0 Å². The SMILES string of the molecule is Nc1cncc(-c2ccc3[nH]nc(-c4nc5ccccc5c(=O)[nH]4)c3c2)c1. The van der Waals surface area contributed by atoms with E-state index in [4.69, 9.17) is 5.73 Å². The standard InChI is InChI=1S/C20H14N6O/c21-13-7-12(9-22-10-13)11-5-6-17-15(8-11)18(26-25-17)19-23-16-4-2-1-3-14(16)20(27)24-19/h1-10H,21H2,(H,25,26)(H,23,24,27). The van der Waals surface area contributed by atoms with Gasteiger partial charge in [-0.25, -0.2) is 4.98 Å². The molecule has 3 aromatic heterocycles. The minimum absolute atomic E-state index is 0.192. The molecule has 0 aliphatic heterocycles. The topological polar surface area (TPSA) is 113 Å². The summed E-state index contributed by atoms with van der Waals surface area (Å²) in [6.07, 6.45) is 3.36. The Morgan fingerprint density at radius 3 is 2.70 bits per heavy atom. The van der Waals surface area contributed by atoms with Crippen LogP contribution in [0.5, 0.6) is 0 Å². The maximum absolute atomic E-state index is 12.4. The van der Waals surface area contributed by atoms with Gasteiger partial charge in [-0.2, -0.15) is 5.10 Å². The summed E-state index contributed by atoms with van der Waals surface area (Å²) < 4.78 is 0. The normalized spacial score (nSPS) is 11.3. The summed E-state index contributed by atoms with van der Waals surface area (Å²) in [4.78, 5) is 24.0. The summed E-state index contributed by atoms with van der Waals surface area (Å²) in [6.45, 7) is 0. The van der Waals surface area contributed by atoms with E-state index < -0.39 is 0 Å². The summed E-state index contributed by atoms with van der Waals surface area (Å²) >= 11 is 0. The maximum Gasteiger partial charge on any atom is 0.259 e. The summed E-state index contributed by atoms with van der Waals surface area (Å²) in [7, 11) is 0. The molecule has 130 valence electrons. The molecule has 0 atom stereocenters. The second-order valence-corrected chi connectivity index (χ2v) is 6.27. The smallest absolute Gasteiger partial charge is 0.259 e. The Hall–Kier alpha value is -4.00. The molecular weight excluding hydrogens is 340 g/mol. The third-order valence-corrected chi connectivity index (χ3v) is 4.49. The predicted molar refractivity (Wildman–Crippen MR) is 105 cm³/mol. The van der Waals surface area contributed by atoms with Crippen LogP contribution in [-0.2, 0) is 0 Å². The van der Waals surface area contributed by atoms with E-state index in [1.165, 1.54) is 0 Å². The molecule has 7 nitrogen and oxygen atoms in total. The number of nitrogen functional groups attached to an aromatic ring is 1. The monoisotopic (exact) mass is 354 g/mol. The van der Waals surface area contributed by atoms with Gasteiger partial charge in [0.2, 0.25) is 0 Å². The number of pyridine rings is 1. The van der Waals surface area contributed by atoms with Gasteiger partial charge in [-0.3, -0.25) is 14.9 Å². The molecule has 4 N–H and O–H groups in total. The van der Waals surface area contributed by atoms with E-state index in [9.17, 15) is 4.79 Å². The summed E-state index contributed by atoms with van der Waals surface area (Å²) in [5.41, 5.74) is 10.2. The number of nitrogens with one attached hydrogen (secondary N) is 2. The Balaban J connectivity index is 1.72. The van der Waals surface area contributed by atoms with Crippen molar-refractivity contribution in [2.75, 3.05) is 5.73 Å². The molecule has 0 radical (unpaired) electrons. The van der Waals surface area contributed by atoms with E-state index in [0.717, 1.165) is 22.0 Å². The zero-order chi connectivity index (χ0) is 18.4. The van der Waals surface area contributed by atoms with Crippen LogP contribution >= 0.6 is 0 Å². The van der Waals surface area contributed by atoms with Crippen LogP contribution in [0.25, 0.3) is 44.5 Å². The molecule has 27 heavy (non-hydrogen) atoms. The van der Waals surface area contributed by atoms with Gasteiger partial charge in [-0.15, -0.1) is 0 Å². The minimum Gasteiger partial charge on any atom is -0.397 e. The van der Waals surface area contributed by atoms with Crippen LogP contribution in [0.1, 0.15) is 0 Å². The van der Waals surface area contributed by atoms with Crippen LogP contribution in [0.15, 0.2) is 65.7 Å². The number of rotatable bonds is 2. The van der Waals surface area contributed by atoms with E-state index in [2.05, 4.69) is 25.1 Å². The lowest BCUT2D eigenvalue weighted by Gasteiger charge is -2.04. The zero-order valence-electron chi connectivity index (χ0n) is 14.1. The molecule has 0 aliphatic rings. The first-order valence-electron chi connectivity index (χ1n) is 8.37. The zero-order valence-corrected chi connectivity index (χ0v) is 14.1. The van der Waals surface area contributed by atoms with Crippen LogP contribution in [0.4, 0.5) is 5.69 Å². The third kappa shape index (κ3) is 2.53. The summed E-state index contributed by atoms with van der Waals surface area (Å²) in [6, 6.07) is 15.0. The first kappa shape index (κ1) is 15.3. The Morgan fingerprint density at radius 1 is 0.926 bits per heavy atom. The van der Waals surface area contributed by atoms with Gasteiger partial charge in [-0.1, -0.05) is 18.2 Å². The second kappa shape index (κ2) is 5.77. The van der Waals surface area contributed by atoms with Crippen molar-refractivity contribution in [1.29, 1.82) is 0 Å². The molecule has 2 aromatic carbocycles. The predicted octanol–water partition coefficient (Wildman–Crippen LogP) is 3.11. The van der Waals surface area contributed by atoms with E-state index in [1.807, 2.05) is 42.5 Å². The van der Waals surface area contributed by atoms with E-state index in [0.29, 0.717) is 28.1 Å². The summed E-state index contributed by atoms with van der Waals surface area (Å²) in [5, 5.41) is 8.76. The van der Waals surface area contributed by atoms with Crippen LogP contribution in [0.2, 0.25) is 0 Å². The number of para-hydroxylation sites is 1. The maximum atomic E-state index is 12.4. The Bertz CT molecular complexity index is 1370. The average Bonchev–Trinajstić information content (AvgIpc) is 3.11. The number of anilines is 1. The van der Waals surface area contributed by atoms with Crippen LogP contribution in [-0.4, -0.2) is 25.1 Å². The molecule has 0 amide bonds. The molecule has 3 heterocycles. The van der Waals surface area contributed by atoms with Crippen LogP contribution in [0, 0.1) is 0 Å². The molecule has 7 heteroatoms. The molecule has 5 aromatic rings. The van der Waals surface area contributed by atoms with Gasteiger partial charge in [0.25, 0.3) is 5.56 Å². The fourth-order valence-corrected chi connectivity index (χ4v) is 3.19. The highest BCUT2D eigenvalue weighted by Crippen LogP contribution is 2.29. The Morgan fingerprint density at radius 2 is 1.81 bits per heavy atom. The van der Waals surface area contributed by atoms with Crippen LogP contribution in [0.3, 0.4) is 0 Å². The lowest BCUT2D eigenvalue weighted by molar-refractivity contribution is 1.08. The van der Waals surface area contributed by atoms with E-state index in [-0.39, 0.29) is 5.56 Å². The van der Waals surface area contributed by atoms with Gasteiger partial charge >= 0.3 is 0 Å². The van der Waals surface area contributed by atoms with E-state index in [1.54, 1.807) is 18.5 Å². The second-order valence-electron chi connectivity index (χ2n) is 6.27. The number of nitrogens with two attached hydrogens (primary N) is 1. The van der Waals surface area contributed by atoms with Crippen molar-refractivity contribution >= 4 is 27.5 Å². The highest BCUT2D eigenvalue weighted by molar-refractivity contribution is 5.95. The summed E-state index contributed by atoms with van der Waals surface area (Å²) in [5.74, 6) is 0.424. The lowest BCUT2D eigenvalue weighted by atomic mass is 10.0. The average molecular weight is 354 g/mol. The number of hydrogen-bond acceptors (Lipinski definition) is 5. The molecule has 0 saturated heterocycles. The Kier molecular flexibility index (Phi) is 3.26. The number of hydrogen-bond donors (Lipinski definition) is 3. The minimum atomic E-state index is -0.192. The number of aromatic nitrogens is 5. The molecular formula is C20H14N6O. The third-order valence-electron chi connectivity index (χ3n) is 4.49. The molecule has 0 unspecified atom stereocenters. The van der Waals surface area contributed by atoms with E-state index >= 15 is 0 Å². The number of nitrogens with zero attached hydrogens (tertiary/aromatic N) is 3.